The molecule has 39 heavy (non-hydrogen) atoms. The van der Waals surface area contributed by atoms with Gasteiger partial charge in [0.2, 0.25) is 0 Å². The first-order valence-corrected chi connectivity index (χ1v) is 13.9. The van der Waals surface area contributed by atoms with Crippen LogP contribution in [0.4, 0.5) is 13.2 Å². The molecule has 3 aromatic carbocycles. The molecule has 4 rings (SSSR count). The molecule has 204 valence electrons. The van der Waals surface area contributed by atoms with Crippen molar-refractivity contribution in [3.05, 3.63) is 100 Å². The molecular weight excluding hydrogens is 587 g/mol. The Hall–Kier alpha value is -3.11. The number of halogens is 4. The number of rotatable bonds is 4. The summed E-state index contributed by atoms with van der Waals surface area (Å²) in [6.45, 7) is 6.38. The van der Waals surface area contributed by atoms with E-state index in [0.717, 1.165) is 51.8 Å². The molecule has 0 saturated carbocycles. The van der Waals surface area contributed by atoms with Crippen molar-refractivity contribution >= 4 is 45.4 Å². The molecule has 1 heterocycles. The summed E-state index contributed by atoms with van der Waals surface area (Å²) in [5, 5.41) is 6.74. The summed E-state index contributed by atoms with van der Waals surface area (Å²) in [5.41, 5.74) is 8.21. The fraction of sp³-hybridized carbons (Fsp3) is 0.276. The van der Waals surface area contributed by atoms with Crippen LogP contribution in [0.5, 0.6) is 0 Å². The van der Waals surface area contributed by atoms with Crippen molar-refractivity contribution in [1.82, 2.24) is 5.01 Å². The number of guanidine groups is 1. The van der Waals surface area contributed by atoms with E-state index >= 15 is 0 Å². The third-order valence-corrected chi connectivity index (χ3v) is 7.43. The van der Waals surface area contributed by atoms with Gasteiger partial charge in [0, 0.05) is 39.2 Å². The molecule has 0 aliphatic carbocycles. The first kappa shape index (κ1) is 28.9. The van der Waals surface area contributed by atoms with Gasteiger partial charge in [-0.25, -0.2) is 5.01 Å². The predicted octanol–water partition coefficient (Wildman–Crippen LogP) is 8.13. The maximum atomic E-state index is 13.0. The quantitative estimate of drug-likeness (QED) is 0.183. The molecule has 0 aromatic heterocycles. The van der Waals surface area contributed by atoms with E-state index in [1.54, 1.807) is 5.01 Å². The van der Waals surface area contributed by atoms with Gasteiger partial charge >= 0.3 is 6.18 Å². The standard InChI is InChI=1S/C29H29BrF3N5S/c1-28(2,3)26(34)35-27(37-39-23-15-11-21(12-16-23)29(31,32)33)38-18-17-24(19-7-5-4-6-8-19)25(36-38)20-9-13-22(30)14-10-20/h4-16,24H,17-18H2,1-3H3,(H2,34,35,37). The van der Waals surface area contributed by atoms with Crippen molar-refractivity contribution in [2.75, 3.05) is 6.54 Å². The van der Waals surface area contributed by atoms with Crippen LogP contribution in [0.15, 0.2) is 103 Å². The fourth-order valence-electron chi connectivity index (χ4n) is 3.87. The van der Waals surface area contributed by atoms with Crippen LogP contribution in [-0.2, 0) is 6.18 Å². The van der Waals surface area contributed by atoms with Gasteiger partial charge in [0.05, 0.1) is 11.3 Å². The van der Waals surface area contributed by atoms with Gasteiger partial charge in [0.1, 0.15) is 5.84 Å². The number of amidine groups is 1. The van der Waals surface area contributed by atoms with Crippen molar-refractivity contribution in [3.8, 4) is 0 Å². The summed E-state index contributed by atoms with van der Waals surface area (Å²) in [4.78, 5) is 5.18. The predicted molar refractivity (Wildman–Crippen MR) is 157 cm³/mol. The number of nitrogens with zero attached hydrogens (tertiary/aromatic N) is 4. The highest BCUT2D eigenvalue weighted by molar-refractivity contribution is 9.10. The van der Waals surface area contributed by atoms with E-state index < -0.39 is 17.2 Å². The van der Waals surface area contributed by atoms with E-state index in [-0.39, 0.29) is 11.9 Å². The third kappa shape index (κ3) is 7.51. The molecule has 0 saturated heterocycles. The van der Waals surface area contributed by atoms with E-state index in [1.807, 2.05) is 63.2 Å². The van der Waals surface area contributed by atoms with E-state index in [0.29, 0.717) is 17.3 Å². The highest BCUT2D eigenvalue weighted by Gasteiger charge is 2.31. The Balaban J connectivity index is 1.74. The van der Waals surface area contributed by atoms with Gasteiger partial charge in [-0.15, -0.1) is 0 Å². The summed E-state index contributed by atoms with van der Waals surface area (Å²) in [7, 11) is 0. The molecule has 0 bridgehead atoms. The summed E-state index contributed by atoms with van der Waals surface area (Å²) < 4.78 is 44.5. The first-order valence-electron chi connectivity index (χ1n) is 12.4. The molecule has 0 radical (unpaired) electrons. The second-order valence-electron chi connectivity index (χ2n) is 10.1. The SMILES string of the molecule is CC(C)(C)/C(N)=N/C(=N/Sc1ccc(C(F)(F)F)cc1)N1CCC(c2ccccc2)C(c2ccc(Br)cc2)=N1. The molecule has 0 spiro atoms. The third-order valence-electron chi connectivity index (χ3n) is 6.16. The number of hydrogen-bond donors (Lipinski definition) is 1. The molecular formula is C29H29BrF3N5S. The Morgan fingerprint density at radius 2 is 1.62 bits per heavy atom. The molecule has 2 N–H and O–H groups in total. The van der Waals surface area contributed by atoms with Crippen LogP contribution in [0, 0.1) is 5.41 Å². The molecule has 1 atom stereocenters. The topological polar surface area (TPSA) is 66.3 Å². The van der Waals surface area contributed by atoms with Crippen LogP contribution in [0.1, 0.15) is 49.8 Å². The minimum absolute atomic E-state index is 0.0661. The monoisotopic (exact) mass is 615 g/mol. The number of alkyl halides is 3. The number of aliphatic imine (C=N–C) groups is 1. The summed E-state index contributed by atoms with van der Waals surface area (Å²) >= 11 is 4.53. The highest BCUT2D eigenvalue weighted by Crippen LogP contribution is 2.33. The molecule has 0 amide bonds. The number of benzene rings is 3. The first-order chi connectivity index (χ1) is 18.4. The summed E-state index contributed by atoms with van der Waals surface area (Å²) in [6, 6.07) is 23.1. The van der Waals surface area contributed by atoms with Crippen molar-refractivity contribution < 1.29 is 13.2 Å². The molecule has 10 heteroatoms. The second-order valence-corrected chi connectivity index (χ2v) is 11.9. The molecule has 5 nitrogen and oxygen atoms in total. The lowest BCUT2D eigenvalue weighted by atomic mass is 9.86. The molecule has 1 unspecified atom stereocenters. The lowest BCUT2D eigenvalue weighted by Gasteiger charge is -2.31. The van der Waals surface area contributed by atoms with Crippen LogP contribution in [0.2, 0.25) is 0 Å². The Morgan fingerprint density at radius 3 is 2.21 bits per heavy atom. The summed E-state index contributed by atoms with van der Waals surface area (Å²) in [6.07, 6.45) is -3.64. The smallest absolute Gasteiger partial charge is 0.387 e. The van der Waals surface area contributed by atoms with Gasteiger partial charge < -0.3 is 5.73 Å². The van der Waals surface area contributed by atoms with Crippen LogP contribution in [0.25, 0.3) is 0 Å². The molecule has 0 fully saturated rings. The van der Waals surface area contributed by atoms with Crippen molar-refractivity contribution in [2.24, 2.45) is 25.6 Å². The molecule has 3 aromatic rings. The Bertz CT molecular complexity index is 1360. The van der Waals surface area contributed by atoms with Gasteiger partial charge in [0.15, 0.2) is 0 Å². The van der Waals surface area contributed by atoms with E-state index in [2.05, 4.69) is 37.5 Å². The van der Waals surface area contributed by atoms with Gasteiger partial charge in [-0.05, 0) is 53.9 Å². The molecule has 1 aliphatic heterocycles. The van der Waals surface area contributed by atoms with E-state index in [1.165, 1.54) is 12.1 Å². The number of nitrogens with two attached hydrogens (primary N) is 1. The van der Waals surface area contributed by atoms with Crippen LogP contribution in [-0.4, -0.2) is 29.1 Å². The van der Waals surface area contributed by atoms with Crippen LogP contribution in [0.3, 0.4) is 0 Å². The van der Waals surface area contributed by atoms with E-state index in [4.69, 9.17) is 10.8 Å². The minimum atomic E-state index is -4.40. The van der Waals surface area contributed by atoms with Gasteiger partial charge in [-0.2, -0.15) is 27.7 Å². The largest absolute Gasteiger partial charge is 0.416 e. The van der Waals surface area contributed by atoms with Crippen LogP contribution >= 0.6 is 27.9 Å². The maximum Gasteiger partial charge on any atom is 0.416 e. The lowest BCUT2D eigenvalue weighted by molar-refractivity contribution is -0.137. The number of hydrazone groups is 1. The van der Waals surface area contributed by atoms with E-state index in [9.17, 15) is 13.2 Å². The Labute approximate surface area is 239 Å². The molecule has 1 aliphatic rings. The van der Waals surface area contributed by atoms with Crippen LogP contribution < -0.4 is 5.73 Å². The zero-order chi connectivity index (χ0) is 28.2. The Kier molecular flexibility index (Phi) is 8.86. The zero-order valence-electron chi connectivity index (χ0n) is 21.8. The number of hydrogen-bond acceptors (Lipinski definition) is 3. The van der Waals surface area contributed by atoms with Gasteiger partial charge in [0.25, 0.3) is 5.96 Å². The van der Waals surface area contributed by atoms with Crippen molar-refractivity contribution in [2.45, 2.75) is 44.2 Å². The Morgan fingerprint density at radius 1 is 0.974 bits per heavy atom. The van der Waals surface area contributed by atoms with Gasteiger partial charge in [-0.1, -0.05) is 79.2 Å². The maximum absolute atomic E-state index is 13.0. The normalized spacial score (nSPS) is 17.3. The second kappa shape index (κ2) is 12.0. The average molecular weight is 617 g/mol. The van der Waals surface area contributed by atoms with Gasteiger partial charge in [-0.3, -0.25) is 0 Å². The van der Waals surface area contributed by atoms with Crippen molar-refractivity contribution in [3.63, 3.8) is 0 Å². The fourth-order valence-corrected chi connectivity index (χ4v) is 4.72. The average Bonchev–Trinajstić information content (AvgIpc) is 2.91. The zero-order valence-corrected chi connectivity index (χ0v) is 24.2. The minimum Gasteiger partial charge on any atom is -0.387 e. The summed E-state index contributed by atoms with van der Waals surface area (Å²) in [5.74, 6) is 0.727. The lowest BCUT2D eigenvalue weighted by Crippen LogP contribution is -2.37. The highest BCUT2D eigenvalue weighted by atomic mass is 79.9. The van der Waals surface area contributed by atoms with Crippen molar-refractivity contribution in [1.29, 1.82) is 0 Å².